The van der Waals surface area contributed by atoms with E-state index in [2.05, 4.69) is 16.7 Å². The lowest BCUT2D eigenvalue weighted by atomic mass is 9.86. The molecule has 0 unspecified atom stereocenters. The maximum absolute atomic E-state index is 12.2. The minimum atomic E-state index is 0.0635. The van der Waals surface area contributed by atoms with Crippen molar-refractivity contribution in [2.45, 2.75) is 57.9 Å². The van der Waals surface area contributed by atoms with Crippen LogP contribution in [0.2, 0.25) is 0 Å². The van der Waals surface area contributed by atoms with E-state index in [4.69, 9.17) is 0 Å². The summed E-state index contributed by atoms with van der Waals surface area (Å²) in [4.78, 5) is 13.4. The number of rotatable bonds is 4. The zero-order chi connectivity index (χ0) is 15.4. The molecule has 2 N–H and O–H groups in total. The molecular formula is C17H23N3OS. The van der Waals surface area contributed by atoms with Crippen molar-refractivity contribution >= 4 is 22.2 Å². The van der Waals surface area contributed by atoms with Crippen molar-refractivity contribution in [2.24, 2.45) is 5.92 Å². The van der Waals surface area contributed by atoms with Gasteiger partial charge in [0.05, 0.1) is 5.56 Å². The molecule has 1 aromatic rings. The summed E-state index contributed by atoms with van der Waals surface area (Å²) in [6, 6.07) is 2.28. The number of carbonyl (C=O) groups is 1. The third-order valence-electron chi connectivity index (χ3n) is 4.80. The van der Waals surface area contributed by atoms with E-state index in [1.165, 1.54) is 37.0 Å². The van der Waals surface area contributed by atoms with E-state index in [9.17, 15) is 10.1 Å². The van der Waals surface area contributed by atoms with Gasteiger partial charge in [-0.25, -0.2) is 0 Å². The summed E-state index contributed by atoms with van der Waals surface area (Å²) < 4.78 is 0. The van der Waals surface area contributed by atoms with Crippen LogP contribution in [0.15, 0.2) is 0 Å². The lowest BCUT2D eigenvalue weighted by Gasteiger charge is -2.20. The molecule has 0 radical (unpaired) electrons. The Balaban J connectivity index is 1.59. The molecule has 1 aromatic heterocycles. The zero-order valence-electron chi connectivity index (χ0n) is 12.9. The number of hydrogen-bond donors (Lipinski definition) is 2. The second-order valence-electron chi connectivity index (χ2n) is 6.34. The highest BCUT2D eigenvalue weighted by molar-refractivity contribution is 7.16. The second-order valence-corrected chi connectivity index (χ2v) is 7.44. The average molecular weight is 317 g/mol. The van der Waals surface area contributed by atoms with Crippen LogP contribution in [-0.4, -0.2) is 12.5 Å². The van der Waals surface area contributed by atoms with Gasteiger partial charge in [-0.3, -0.25) is 4.79 Å². The Morgan fingerprint density at radius 1 is 1.36 bits per heavy atom. The lowest BCUT2D eigenvalue weighted by Crippen LogP contribution is -2.22. The monoisotopic (exact) mass is 317 g/mol. The van der Waals surface area contributed by atoms with Crippen LogP contribution < -0.4 is 10.6 Å². The normalized spacial score (nSPS) is 18.5. The Morgan fingerprint density at radius 3 is 2.95 bits per heavy atom. The Morgan fingerprint density at radius 2 is 2.18 bits per heavy atom. The molecule has 0 bridgehead atoms. The predicted molar refractivity (Wildman–Crippen MR) is 88.9 cm³/mol. The van der Waals surface area contributed by atoms with E-state index in [1.807, 2.05) is 0 Å². The summed E-state index contributed by atoms with van der Waals surface area (Å²) in [5, 5.41) is 16.5. The van der Waals surface area contributed by atoms with Gasteiger partial charge in [0.2, 0.25) is 5.91 Å². The third-order valence-corrected chi connectivity index (χ3v) is 5.94. The molecule has 4 nitrogen and oxygen atoms in total. The van der Waals surface area contributed by atoms with Crippen LogP contribution >= 0.6 is 11.3 Å². The highest BCUT2D eigenvalue weighted by Crippen LogP contribution is 2.35. The Bertz CT molecular complexity index is 581. The third kappa shape index (κ3) is 3.50. The van der Waals surface area contributed by atoms with Gasteiger partial charge in [-0.15, -0.1) is 11.3 Å². The number of amides is 1. The fourth-order valence-corrected chi connectivity index (χ4v) is 4.72. The summed E-state index contributed by atoms with van der Waals surface area (Å²) in [5.74, 6) is 0.782. The Hall–Kier alpha value is -1.38. The summed E-state index contributed by atoms with van der Waals surface area (Å²) in [7, 11) is 0. The number of thiophene rings is 1. The molecule has 0 spiro atoms. The van der Waals surface area contributed by atoms with Crippen LogP contribution in [0.5, 0.6) is 0 Å². The van der Waals surface area contributed by atoms with Crippen LogP contribution in [-0.2, 0) is 17.8 Å². The van der Waals surface area contributed by atoms with Gasteiger partial charge in [-0.1, -0.05) is 32.1 Å². The van der Waals surface area contributed by atoms with E-state index in [0.717, 1.165) is 42.4 Å². The maximum atomic E-state index is 12.2. The lowest BCUT2D eigenvalue weighted by molar-refractivity contribution is -0.116. The number of nitriles is 1. The molecule has 1 aliphatic heterocycles. The Labute approximate surface area is 135 Å². The van der Waals surface area contributed by atoms with E-state index in [1.54, 1.807) is 11.3 Å². The Kier molecular flexibility index (Phi) is 5.12. The SMILES string of the molecule is N#Cc1c(NC(=O)CCC2CCCCC2)sc2c1CCNC2. The molecule has 1 saturated carbocycles. The molecule has 0 atom stereocenters. The summed E-state index contributed by atoms with van der Waals surface area (Å²) in [6.07, 6.45) is 8.98. The van der Waals surface area contributed by atoms with E-state index in [-0.39, 0.29) is 5.91 Å². The first-order valence-corrected chi connectivity index (χ1v) is 9.14. The van der Waals surface area contributed by atoms with Gasteiger partial charge in [-0.2, -0.15) is 5.26 Å². The highest BCUT2D eigenvalue weighted by Gasteiger charge is 2.22. The van der Waals surface area contributed by atoms with E-state index >= 15 is 0 Å². The van der Waals surface area contributed by atoms with Crippen LogP contribution in [0.4, 0.5) is 5.00 Å². The number of anilines is 1. The number of fused-ring (bicyclic) bond motifs is 1. The van der Waals surface area contributed by atoms with Crippen molar-refractivity contribution in [1.29, 1.82) is 5.26 Å². The van der Waals surface area contributed by atoms with Gasteiger partial charge >= 0.3 is 0 Å². The molecule has 1 aliphatic carbocycles. The van der Waals surface area contributed by atoms with Gasteiger partial charge in [0.15, 0.2) is 0 Å². The van der Waals surface area contributed by atoms with Crippen LogP contribution in [0.1, 0.15) is 60.9 Å². The minimum Gasteiger partial charge on any atom is -0.317 e. The van der Waals surface area contributed by atoms with Crippen LogP contribution in [0.25, 0.3) is 0 Å². The molecule has 2 heterocycles. The van der Waals surface area contributed by atoms with Gasteiger partial charge in [0, 0.05) is 17.8 Å². The molecule has 5 heteroatoms. The first kappa shape index (κ1) is 15.5. The van der Waals surface area contributed by atoms with Gasteiger partial charge in [-0.05, 0) is 30.9 Å². The van der Waals surface area contributed by atoms with E-state index in [0.29, 0.717) is 12.0 Å². The highest BCUT2D eigenvalue weighted by atomic mass is 32.1. The molecule has 1 fully saturated rings. The number of hydrogen-bond acceptors (Lipinski definition) is 4. The topological polar surface area (TPSA) is 64.9 Å². The van der Waals surface area contributed by atoms with Crippen molar-refractivity contribution in [3.63, 3.8) is 0 Å². The maximum Gasteiger partial charge on any atom is 0.225 e. The minimum absolute atomic E-state index is 0.0635. The van der Waals surface area contributed by atoms with Crippen molar-refractivity contribution in [1.82, 2.24) is 5.32 Å². The largest absolute Gasteiger partial charge is 0.317 e. The number of carbonyl (C=O) groups excluding carboxylic acids is 1. The first-order valence-electron chi connectivity index (χ1n) is 8.33. The number of nitrogens with one attached hydrogen (secondary N) is 2. The second kappa shape index (κ2) is 7.26. The van der Waals surface area contributed by atoms with Crippen LogP contribution in [0, 0.1) is 17.2 Å². The molecule has 118 valence electrons. The molecular weight excluding hydrogens is 294 g/mol. The van der Waals surface area contributed by atoms with E-state index < -0.39 is 0 Å². The quantitative estimate of drug-likeness (QED) is 0.892. The summed E-state index contributed by atoms with van der Waals surface area (Å²) in [5.41, 5.74) is 1.82. The fourth-order valence-electron chi connectivity index (χ4n) is 3.54. The van der Waals surface area contributed by atoms with Gasteiger partial charge < -0.3 is 10.6 Å². The van der Waals surface area contributed by atoms with Crippen molar-refractivity contribution in [3.05, 3.63) is 16.0 Å². The smallest absolute Gasteiger partial charge is 0.225 e. The fraction of sp³-hybridized carbons (Fsp3) is 0.647. The van der Waals surface area contributed by atoms with Crippen molar-refractivity contribution in [2.75, 3.05) is 11.9 Å². The molecule has 1 amide bonds. The molecule has 0 saturated heterocycles. The molecule has 0 aromatic carbocycles. The van der Waals surface area contributed by atoms with Crippen LogP contribution in [0.3, 0.4) is 0 Å². The van der Waals surface area contributed by atoms with Crippen molar-refractivity contribution < 1.29 is 4.79 Å². The predicted octanol–water partition coefficient (Wildman–Crippen LogP) is 3.56. The first-order chi connectivity index (χ1) is 10.8. The molecule has 2 aliphatic rings. The van der Waals surface area contributed by atoms with Crippen molar-refractivity contribution in [3.8, 4) is 6.07 Å². The van der Waals surface area contributed by atoms with Gasteiger partial charge in [0.1, 0.15) is 11.1 Å². The average Bonchev–Trinajstić information content (AvgIpc) is 2.91. The summed E-state index contributed by atoms with van der Waals surface area (Å²) in [6.45, 7) is 1.72. The van der Waals surface area contributed by atoms with Gasteiger partial charge in [0.25, 0.3) is 0 Å². The summed E-state index contributed by atoms with van der Waals surface area (Å²) >= 11 is 1.56. The number of nitrogens with zero attached hydrogens (tertiary/aromatic N) is 1. The standard InChI is InChI=1S/C17H23N3OS/c18-10-14-13-8-9-19-11-15(13)22-17(14)20-16(21)7-6-12-4-2-1-3-5-12/h12,19H,1-9,11H2,(H,20,21). The molecule has 22 heavy (non-hydrogen) atoms. The molecule has 3 rings (SSSR count). The zero-order valence-corrected chi connectivity index (χ0v) is 13.7.